The van der Waals surface area contributed by atoms with Gasteiger partial charge in [-0.3, -0.25) is 4.79 Å². The number of nitrogens with one attached hydrogen (secondary N) is 2. The first kappa shape index (κ1) is 20.3. The fourth-order valence-corrected chi connectivity index (χ4v) is 3.74. The SMILES string of the molecule is COc1ccc(NCC(=O)Nc2ccc(I)cc2)c(S(C)(=O)=O)c1OC. The van der Waals surface area contributed by atoms with E-state index in [2.05, 4.69) is 33.2 Å². The smallest absolute Gasteiger partial charge is 0.243 e. The van der Waals surface area contributed by atoms with Crippen molar-refractivity contribution in [3.05, 3.63) is 40.0 Å². The second-order valence-electron chi connectivity index (χ2n) is 5.36. The summed E-state index contributed by atoms with van der Waals surface area (Å²) in [6.45, 7) is -0.107. The number of hydrogen-bond acceptors (Lipinski definition) is 6. The molecule has 2 aromatic carbocycles. The Labute approximate surface area is 166 Å². The standard InChI is InChI=1S/C17H19IN2O5S/c1-24-14-9-8-13(17(16(14)25-2)26(3,22)23)19-10-15(21)20-12-6-4-11(18)5-7-12/h4-9,19H,10H2,1-3H3,(H,20,21). The highest BCUT2D eigenvalue weighted by atomic mass is 127. The quantitative estimate of drug-likeness (QED) is 0.580. The van der Waals surface area contributed by atoms with Crippen molar-refractivity contribution in [2.75, 3.05) is 37.7 Å². The van der Waals surface area contributed by atoms with Crippen molar-refractivity contribution in [3.63, 3.8) is 0 Å². The molecule has 0 atom stereocenters. The molecule has 0 saturated heterocycles. The summed E-state index contributed by atoms with van der Waals surface area (Å²) in [5.41, 5.74) is 0.927. The van der Waals surface area contributed by atoms with Crippen molar-refractivity contribution < 1.29 is 22.7 Å². The van der Waals surface area contributed by atoms with Crippen LogP contribution in [0, 0.1) is 3.57 Å². The third kappa shape index (κ3) is 5.01. The molecule has 0 aromatic heterocycles. The van der Waals surface area contributed by atoms with Crippen LogP contribution in [0.4, 0.5) is 11.4 Å². The van der Waals surface area contributed by atoms with Crippen LogP contribution in [0.1, 0.15) is 0 Å². The minimum absolute atomic E-state index is 0.0542. The fourth-order valence-electron chi connectivity index (χ4n) is 2.32. The Morgan fingerprint density at radius 2 is 1.73 bits per heavy atom. The van der Waals surface area contributed by atoms with Crippen LogP contribution in [0.3, 0.4) is 0 Å². The normalized spacial score (nSPS) is 10.9. The van der Waals surface area contributed by atoms with E-state index in [1.54, 1.807) is 18.2 Å². The topological polar surface area (TPSA) is 93.7 Å². The molecule has 0 unspecified atom stereocenters. The fraction of sp³-hybridized carbons (Fsp3) is 0.235. The molecule has 0 heterocycles. The van der Waals surface area contributed by atoms with Gasteiger partial charge < -0.3 is 20.1 Å². The number of methoxy groups -OCH3 is 2. The zero-order valence-electron chi connectivity index (χ0n) is 14.5. The van der Waals surface area contributed by atoms with Gasteiger partial charge in [-0.1, -0.05) is 0 Å². The van der Waals surface area contributed by atoms with Gasteiger partial charge >= 0.3 is 0 Å². The number of benzene rings is 2. The van der Waals surface area contributed by atoms with E-state index in [9.17, 15) is 13.2 Å². The van der Waals surface area contributed by atoms with Crippen LogP contribution >= 0.6 is 22.6 Å². The molecule has 2 aromatic rings. The number of amides is 1. The van der Waals surface area contributed by atoms with E-state index >= 15 is 0 Å². The predicted molar refractivity (Wildman–Crippen MR) is 109 cm³/mol. The summed E-state index contributed by atoms with van der Waals surface area (Å²) in [7, 11) is -0.837. The van der Waals surface area contributed by atoms with Crippen LogP contribution in [-0.2, 0) is 14.6 Å². The molecule has 7 nitrogen and oxygen atoms in total. The Morgan fingerprint density at radius 3 is 2.27 bits per heavy atom. The van der Waals surface area contributed by atoms with Crippen LogP contribution in [-0.4, -0.2) is 41.3 Å². The Hall–Kier alpha value is -2.01. The lowest BCUT2D eigenvalue weighted by Gasteiger charge is -2.16. The highest BCUT2D eigenvalue weighted by Gasteiger charge is 2.23. The second kappa shape index (κ2) is 8.58. The molecule has 0 aliphatic carbocycles. The number of ether oxygens (including phenoxy) is 2. The van der Waals surface area contributed by atoms with Crippen molar-refractivity contribution in [3.8, 4) is 11.5 Å². The molecule has 0 radical (unpaired) electrons. The summed E-state index contributed by atoms with van der Waals surface area (Å²) >= 11 is 2.17. The van der Waals surface area contributed by atoms with Crippen molar-refractivity contribution >= 4 is 49.7 Å². The third-order valence-corrected chi connectivity index (χ3v) is 5.30. The second-order valence-corrected chi connectivity index (χ2v) is 8.56. The van der Waals surface area contributed by atoms with Crippen molar-refractivity contribution in [1.29, 1.82) is 0 Å². The average molecular weight is 490 g/mol. The van der Waals surface area contributed by atoms with Gasteiger partial charge in [-0.2, -0.15) is 0 Å². The minimum atomic E-state index is -3.62. The number of anilines is 2. The van der Waals surface area contributed by atoms with E-state index in [0.29, 0.717) is 11.4 Å². The van der Waals surface area contributed by atoms with Crippen LogP contribution < -0.4 is 20.1 Å². The monoisotopic (exact) mass is 490 g/mol. The Kier molecular flexibility index (Phi) is 6.70. The lowest BCUT2D eigenvalue weighted by atomic mass is 10.2. The van der Waals surface area contributed by atoms with Crippen LogP contribution in [0.25, 0.3) is 0 Å². The summed E-state index contributed by atoms with van der Waals surface area (Å²) in [5, 5.41) is 5.59. The van der Waals surface area contributed by atoms with E-state index in [4.69, 9.17) is 9.47 Å². The number of hydrogen-bond donors (Lipinski definition) is 2. The first-order valence-corrected chi connectivity index (χ1v) is 10.5. The molecule has 0 aliphatic rings. The predicted octanol–water partition coefficient (Wildman–Crippen LogP) is 2.76. The molecule has 2 rings (SSSR count). The largest absolute Gasteiger partial charge is 0.493 e. The van der Waals surface area contributed by atoms with Gasteiger partial charge in [0.2, 0.25) is 5.91 Å². The summed E-state index contributed by atoms with van der Waals surface area (Å²) < 4.78 is 35.8. The molecule has 1 amide bonds. The molecule has 0 bridgehead atoms. The molecule has 0 saturated carbocycles. The van der Waals surface area contributed by atoms with Gasteiger partial charge in [0.1, 0.15) is 4.90 Å². The van der Waals surface area contributed by atoms with Gasteiger partial charge in [0.25, 0.3) is 0 Å². The van der Waals surface area contributed by atoms with Crippen molar-refractivity contribution in [2.24, 2.45) is 0 Å². The maximum atomic E-state index is 12.2. The van der Waals surface area contributed by atoms with Gasteiger partial charge in [0, 0.05) is 15.5 Å². The van der Waals surface area contributed by atoms with Gasteiger partial charge in [-0.15, -0.1) is 0 Å². The highest BCUT2D eigenvalue weighted by Crippen LogP contribution is 2.39. The maximum Gasteiger partial charge on any atom is 0.243 e. The summed E-state index contributed by atoms with van der Waals surface area (Å²) in [4.78, 5) is 12.1. The van der Waals surface area contributed by atoms with Crippen LogP contribution in [0.2, 0.25) is 0 Å². The average Bonchev–Trinajstić information content (AvgIpc) is 2.60. The van der Waals surface area contributed by atoms with Crippen molar-refractivity contribution in [2.45, 2.75) is 4.90 Å². The van der Waals surface area contributed by atoms with E-state index in [1.165, 1.54) is 20.3 Å². The van der Waals surface area contributed by atoms with Crippen molar-refractivity contribution in [1.82, 2.24) is 0 Å². The Morgan fingerprint density at radius 1 is 1.08 bits per heavy atom. The maximum absolute atomic E-state index is 12.2. The van der Waals surface area contributed by atoms with E-state index < -0.39 is 9.84 Å². The molecule has 9 heteroatoms. The summed E-state index contributed by atoms with van der Waals surface area (Å²) in [6, 6.07) is 10.4. The number of carbonyl (C=O) groups excluding carboxylic acids is 1. The molecule has 2 N–H and O–H groups in total. The Balaban J connectivity index is 2.21. The summed E-state index contributed by atoms with van der Waals surface area (Å²) in [6.07, 6.45) is 1.07. The molecule has 0 spiro atoms. The molecule has 0 fully saturated rings. The lowest BCUT2D eigenvalue weighted by Crippen LogP contribution is -2.22. The van der Waals surface area contributed by atoms with Crippen LogP contribution in [0.15, 0.2) is 41.3 Å². The van der Waals surface area contributed by atoms with E-state index in [0.717, 1.165) is 9.83 Å². The van der Waals surface area contributed by atoms with Gasteiger partial charge in [0.05, 0.1) is 26.5 Å². The zero-order chi connectivity index (χ0) is 19.3. The Bertz CT molecular complexity index is 898. The van der Waals surface area contributed by atoms with Gasteiger partial charge in [-0.25, -0.2) is 8.42 Å². The molecule has 26 heavy (non-hydrogen) atoms. The van der Waals surface area contributed by atoms with Crippen LogP contribution in [0.5, 0.6) is 11.5 Å². The third-order valence-electron chi connectivity index (χ3n) is 3.44. The number of carbonyl (C=O) groups is 1. The van der Waals surface area contributed by atoms with E-state index in [-0.39, 0.29) is 28.8 Å². The van der Waals surface area contributed by atoms with E-state index in [1.807, 2.05) is 12.1 Å². The molecule has 0 aliphatic heterocycles. The number of halogens is 1. The minimum Gasteiger partial charge on any atom is -0.493 e. The summed E-state index contributed by atoms with van der Waals surface area (Å²) in [5.74, 6) is 0.0836. The lowest BCUT2D eigenvalue weighted by molar-refractivity contribution is -0.114. The molecular weight excluding hydrogens is 471 g/mol. The molecular formula is C17H19IN2O5S. The molecule has 140 valence electrons. The number of rotatable bonds is 7. The first-order valence-electron chi connectivity index (χ1n) is 7.50. The van der Waals surface area contributed by atoms with Gasteiger partial charge in [0.15, 0.2) is 21.3 Å². The first-order chi connectivity index (χ1) is 12.3. The highest BCUT2D eigenvalue weighted by molar-refractivity contribution is 14.1. The zero-order valence-corrected chi connectivity index (χ0v) is 17.5. The number of sulfone groups is 1. The van der Waals surface area contributed by atoms with Gasteiger partial charge in [-0.05, 0) is 59.0 Å².